The lowest BCUT2D eigenvalue weighted by Gasteiger charge is -2.15. The molecule has 3 rings (SSSR count). The third-order valence-electron chi connectivity index (χ3n) is 3.66. The van der Waals surface area contributed by atoms with Gasteiger partial charge < -0.3 is 10.6 Å². The summed E-state index contributed by atoms with van der Waals surface area (Å²) in [7, 11) is -3.55. The van der Waals surface area contributed by atoms with Crippen molar-refractivity contribution in [2.24, 2.45) is 0 Å². The maximum atomic E-state index is 12.3. The van der Waals surface area contributed by atoms with Gasteiger partial charge in [-0.15, -0.1) is 0 Å². The number of sulfonamides is 1. The van der Waals surface area contributed by atoms with E-state index in [1.807, 2.05) is 6.08 Å². The van der Waals surface area contributed by atoms with Gasteiger partial charge in [0.1, 0.15) is 0 Å². The summed E-state index contributed by atoms with van der Waals surface area (Å²) in [5, 5.41) is 5.87. The van der Waals surface area contributed by atoms with Gasteiger partial charge in [0.05, 0.1) is 11.3 Å². The lowest BCUT2D eigenvalue weighted by molar-refractivity contribution is -0.115. The fraction of sp³-hybridized carbons (Fsp3) is 0.357. The van der Waals surface area contributed by atoms with Crippen LogP contribution >= 0.6 is 0 Å². The predicted molar refractivity (Wildman–Crippen MR) is 79.5 cm³/mol. The van der Waals surface area contributed by atoms with E-state index in [0.717, 1.165) is 30.6 Å². The molecule has 7 heteroatoms. The molecule has 6 nitrogen and oxygen atoms in total. The van der Waals surface area contributed by atoms with Gasteiger partial charge in [-0.3, -0.25) is 4.79 Å². The highest BCUT2D eigenvalue weighted by atomic mass is 32.2. The van der Waals surface area contributed by atoms with E-state index in [2.05, 4.69) is 15.4 Å². The first kappa shape index (κ1) is 14.2. The van der Waals surface area contributed by atoms with E-state index in [1.54, 1.807) is 12.1 Å². The second kappa shape index (κ2) is 5.59. The number of hydrogen-bond donors (Lipinski definition) is 3. The molecule has 0 bridgehead atoms. The molecular formula is C14H17N3O3S. The fourth-order valence-corrected chi connectivity index (χ4v) is 3.56. The molecule has 2 heterocycles. The van der Waals surface area contributed by atoms with Crippen molar-refractivity contribution in [3.8, 4) is 0 Å². The summed E-state index contributed by atoms with van der Waals surface area (Å²) >= 11 is 0. The number of nitrogens with one attached hydrogen (secondary N) is 3. The Hall–Kier alpha value is -1.70. The number of anilines is 1. The fourth-order valence-electron chi connectivity index (χ4n) is 2.47. The van der Waals surface area contributed by atoms with Gasteiger partial charge in [0.25, 0.3) is 0 Å². The Balaban J connectivity index is 1.74. The summed E-state index contributed by atoms with van der Waals surface area (Å²) in [5.74, 6) is -0.104. The van der Waals surface area contributed by atoms with Crippen LogP contribution in [0.1, 0.15) is 12.0 Å². The molecule has 0 saturated carbocycles. The maximum Gasteiger partial charge on any atom is 0.240 e. The summed E-state index contributed by atoms with van der Waals surface area (Å²) < 4.78 is 27.2. The number of hydrogen-bond acceptors (Lipinski definition) is 4. The molecule has 0 atom stereocenters. The number of carbonyl (C=O) groups excluding carboxylic acids is 1. The average molecular weight is 307 g/mol. The zero-order chi connectivity index (χ0) is 14.9. The highest BCUT2D eigenvalue weighted by Gasteiger charge is 2.21. The van der Waals surface area contributed by atoms with Crippen LogP contribution in [0, 0.1) is 0 Å². The van der Waals surface area contributed by atoms with Crippen molar-refractivity contribution in [2.75, 3.05) is 25.0 Å². The Morgan fingerprint density at radius 2 is 2.14 bits per heavy atom. The van der Waals surface area contributed by atoms with Crippen LogP contribution in [0.4, 0.5) is 5.69 Å². The van der Waals surface area contributed by atoms with E-state index < -0.39 is 10.0 Å². The number of amides is 1. The van der Waals surface area contributed by atoms with Crippen LogP contribution in [-0.4, -0.2) is 34.0 Å². The number of benzene rings is 1. The van der Waals surface area contributed by atoms with E-state index >= 15 is 0 Å². The van der Waals surface area contributed by atoms with Gasteiger partial charge in [0.15, 0.2) is 0 Å². The van der Waals surface area contributed by atoms with Crippen LogP contribution in [0.2, 0.25) is 0 Å². The summed E-state index contributed by atoms with van der Waals surface area (Å²) in [6.45, 7) is 1.99. The third kappa shape index (κ3) is 3.15. The van der Waals surface area contributed by atoms with E-state index in [1.165, 1.54) is 6.07 Å². The lowest BCUT2D eigenvalue weighted by atomic mass is 10.1. The zero-order valence-electron chi connectivity index (χ0n) is 11.5. The molecule has 0 aliphatic carbocycles. The summed E-state index contributed by atoms with van der Waals surface area (Å²) in [5.41, 5.74) is 2.51. The Bertz CT molecular complexity index is 710. The molecule has 2 aliphatic heterocycles. The van der Waals surface area contributed by atoms with Crippen LogP contribution in [0.3, 0.4) is 0 Å². The summed E-state index contributed by atoms with van der Waals surface area (Å²) in [6.07, 6.45) is 3.10. The average Bonchev–Trinajstić information content (AvgIpc) is 2.85. The molecule has 2 aliphatic rings. The Labute approximate surface area is 123 Å². The molecule has 21 heavy (non-hydrogen) atoms. The van der Waals surface area contributed by atoms with E-state index in [0.29, 0.717) is 12.2 Å². The van der Waals surface area contributed by atoms with Crippen LogP contribution in [-0.2, 0) is 21.2 Å². The highest BCUT2D eigenvalue weighted by Crippen LogP contribution is 2.25. The molecular weight excluding hydrogens is 290 g/mol. The van der Waals surface area contributed by atoms with Crippen molar-refractivity contribution in [3.63, 3.8) is 0 Å². The zero-order valence-corrected chi connectivity index (χ0v) is 12.3. The van der Waals surface area contributed by atoms with Gasteiger partial charge in [-0.2, -0.15) is 0 Å². The van der Waals surface area contributed by atoms with Gasteiger partial charge in [-0.25, -0.2) is 13.1 Å². The van der Waals surface area contributed by atoms with E-state index in [-0.39, 0.29) is 17.2 Å². The quantitative estimate of drug-likeness (QED) is 0.702. The Morgan fingerprint density at radius 3 is 2.90 bits per heavy atom. The van der Waals surface area contributed by atoms with Gasteiger partial charge in [0.2, 0.25) is 15.9 Å². The van der Waals surface area contributed by atoms with Crippen molar-refractivity contribution in [1.82, 2.24) is 10.0 Å². The van der Waals surface area contributed by atoms with Crippen molar-refractivity contribution in [3.05, 3.63) is 35.4 Å². The first-order chi connectivity index (χ1) is 10.0. The van der Waals surface area contributed by atoms with Crippen LogP contribution in [0.25, 0.3) is 0 Å². The topological polar surface area (TPSA) is 87.3 Å². The van der Waals surface area contributed by atoms with E-state index in [4.69, 9.17) is 0 Å². The number of carbonyl (C=O) groups is 1. The lowest BCUT2D eigenvalue weighted by Crippen LogP contribution is -2.29. The molecule has 0 spiro atoms. The van der Waals surface area contributed by atoms with Gasteiger partial charge in [0, 0.05) is 18.8 Å². The SMILES string of the molecule is O=C1Cc2cc(S(=O)(=O)NCC3=CCNCC3)ccc2N1. The van der Waals surface area contributed by atoms with Gasteiger partial charge >= 0.3 is 0 Å². The number of rotatable bonds is 4. The van der Waals surface area contributed by atoms with Crippen molar-refractivity contribution in [2.45, 2.75) is 17.7 Å². The maximum absolute atomic E-state index is 12.3. The molecule has 3 N–H and O–H groups in total. The first-order valence-electron chi connectivity index (χ1n) is 6.86. The standard InChI is InChI=1S/C14H17N3O3S/c18-14-8-11-7-12(1-2-13(11)17-14)21(19,20)16-9-10-3-5-15-6-4-10/h1-3,7,15-16H,4-6,8-9H2,(H,17,18). The van der Waals surface area contributed by atoms with Crippen LogP contribution in [0.5, 0.6) is 0 Å². The Morgan fingerprint density at radius 1 is 1.29 bits per heavy atom. The monoisotopic (exact) mass is 307 g/mol. The third-order valence-corrected chi connectivity index (χ3v) is 5.06. The van der Waals surface area contributed by atoms with Gasteiger partial charge in [-0.1, -0.05) is 11.6 Å². The van der Waals surface area contributed by atoms with Crippen LogP contribution < -0.4 is 15.4 Å². The summed E-state index contributed by atoms with van der Waals surface area (Å²) in [4.78, 5) is 11.5. The molecule has 0 aromatic heterocycles. The number of fused-ring (bicyclic) bond motifs is 1. The molecule has 0 fully saturated rings. The van der Waals surface area contributed by atoms with Crippen LogP contribution in [0.15, 0.2) is 34.7 Å². The minimum Gasteiger partial charge on any atom is -0.326 e. The molecule has 112 valence electrons. The summed E-state index contributed by atoms with van der Waals surface area (Å²) in [6, 6.07) is 4.72. The molecule has 0 radical (unpaired) electrons. The second-order valence-electron chi connectivity index (χ2n) is 5.18. The molecule has 0 saturated heterocycles. The second-order valence-corrected chi connectivity index (χ2v) is 6.95. The van der Waals surface area contributed by atoms with Crippen molar-refractivity contribution in [1.29, 1.82) is 0 Å². The molecule has 1 aromatic rings. The van der Waals surface area contributed by atoms with Crippen molar-refractivity contribution >= 4 is 21.6 Å². The molecule has 1 aromatic carbocycles. The smallest absolute Gasteiger partial charge is 0.240 e. The minimum atomic E-state index is -3.55. The van der Waals surface area contributed by atoms with Crippen molar-refractivity contribution < 1.29 is 13.2 Å². The molecule has 0 unspecified atom stereocenters. The molecule has 1 amide bonds. The van der Waals surface area contributed by atoms with E-state index in [9.17, 15) is 13.2 Å². The Kier molecular flexibility index (Phi) is 3.79. The minimum absolute atomic E-state index is 0.104. The highest BCUT2D eigenvalue weighted by molar-refractivity contribution is 7.89. The normalized spacial score (nSPS) is 18.1. The first-order valence-corrected chi connectivity index (χ1v) is 8.34. The van der Waals surface area contributed by atoms with Gasteiger partial charge in [-0.05, 0) is 36.7 Å². The predicted octanol–water partition coefficient (Wildman–Crippen LogP) is 0.379. The largest absolute Gasteiger partial charge is 0.326 e.